The van der Waals surface area contributed by atoms with Crippen LogP contribution in [0.25, 0.3) is 21.1 Å². The largest absolute Gasteiger partial charge is 0.358 e. The molecule has 5 rings (SSSR count). The molecule has 0 saturated carbocycles. The number of carbonyl (C=O) groups excluding carboxylic acids is 1. The zero-order valence-corrected chi connectivity index (χ0v) is 15.6. The van der Waals surface area contributed by atoms with Crippen LogP contribution < -0.4 is 0 Å². The molecule has 130 valence electrons. The minimum absolute atomic E-state index is 0.161. The Bertz CT molecular complexity index is 1120. The molecule has 1 aliphatic heterocycles. The lowest BCUT2D eigenvalue weighted by atomic mass is 10.0. The van der Waals surface area contributed by atoms with Crippen molar-refractivity contribution in [2.75, 3.05) is 12.3 Å². The molecule has 5 nitrogen and oxygen atoms in total. The van der Waals surface area contributed by atoms with Crippen LogP contribution in [-0.4, -0.2) is 38.1 Å². The summed E-state index contributed by atoms with van der Waals surface area (Å²) in [6, 6.07) is 10.3. The van der Waals surface area contributed by atoms with E-state index in [1.165, 1.54) is 28.4 Å². The summed E-state index contributed by atoms with van der Waals surface area (Å²) in [4.78, 5) is 26.8. The molecule has 0 spiro atoms. The molecule has 0 saturated heterocycles. The molecular formula is C19H16N4OS2. The van der Waals surface area contributed by atoms with Gasteiger partial charge in [0.1, 0.15) is 11.4 Å². The first-order valence-corrected chi connectivity index (χ1v) is 10.3. The monoisotopic (exact) mass is 380 g/mol. The van der Waals surface area contributed by atoms with Crippen molar-refractivity contribution < 1.29 is 4.79 Å². The van der Waals surface area contributed by atoms with Crippen molar-refractivity contribution >= 4 is 50.1 Å². The van der Waals surface area contributed by atoms with Crippen molar-refractivity contribution in [3.63, 3.8) is 0 Å². The highest BCUT2D eigenvalue weighted by molar-refractivity contribution is 8.00. The summed E-state index contributed by atoms with van der Waals surface area (Å²) < 4.78 is 1.06. The maximum atomic E-state index is 12.8. The Hall–Kier alpha value is -2.38. The summed E-state index contributed by atoms with van der Waals surface area (Å²) >= 11 is 3.12. The molecule has 4 aromatic rings. The molecule has 1 N–H and O–H groups in total. The van der Waals surface area contributed by atoms with Crippen LogP contribution in [0.1, 0.15) is 11.3 Å². The van der Waals surface area contributed by atoms with E-state index >= 15 is 0 Å². The highest BCUT2D eigenvalue weighted by atomic mass is 32.2. The van der Waals surface area contributed by atoms with E-state index < -0.39 is 0 Å². The third-order valence-corrected chi connectivity index (χ3v) is 6.79. The number of H-pyrrole nitrogens is 1. The Morgan fingerprint density at radius 2 is 2.19 bits per heavy atom. The third kappa shape index (κ3) is 2.68. The normalized spacial score (nSPS) is 14.1. The molecule has 1 aromatic carbocycles. The van der Waals surface area contributed by atoms with E-state index in [1.807, 2.05) is 22.4 Å². The lowest BCUT2D eigenvalue weighted by Gasteiger charge is -2.27. The van der Waals surface area contributed by atoms with Crippen molar-refractivity contribution in [1.82, 2.24) is 19.9 Å². The quantitative estimate of drug-likeness (QED) is 0.433. The van der Waals surface area contributed by atoms with Gasteiger partial charge >= 0.3 is 0 Å². The van der Waals surface area contributed by atoms with Gasteiger partial charge in [0.15, 0.2) is 0 Å². The number of aromatic amines is 1. The molecule has 0 unspecified atom stereocenters. The predicted molar refractivity (Wildman–Crippen MR) is 106 cm³/mol. The molecule has 1 amide bonds. The molecule has 0 atom stereocenters. The minimum Gasteiger partial charge on any atom is -0.358 e. The number of hydrogen-bond acceptors (Lipinski definition) is 5. The third-order valence-electron chi connectivity index (χ3n) is 4.78. The maximum Gasteiger partial charge on any atom is 0.233 e. The summed E-state index contributed by atoms with van der Waals surface area (Å²) in [5.41, 5.74) is 4.62. The molecule has 0 fully saturated rings. The van der Waals surface area contributed by atoms with E-state index in [2.05, 4.69) is 33.2 Å². The summed E-state index contributed by atoms with van der Waals surface area (Å²) in [5, 5.41) is 4.13. The summed E-state index contributed by atoms with van der Waals surface area (Å²) in [7, 11) is 0. The molecule has 3 aromatic heterocycles. The number of carbonyl (C=O) groups is 1. The SMILES string of the molecule is O=C(CSc1ncnc2ccsc12)N1CCc2[nH]c3ccccc3c2C1. The van der Waals surface area contributed by atoms with Gasteiger partial charge in [-0.15, -0.1) is 11.3 Å². The van der Waals surface area contributed by atoms with Crippen molar-refractivity contribution in [2.45, 2.75) is 18.0 Å². The van der Waals surface area contributed by atoms with Crippen LogP contribution in [-0.2, 0) is 17.8 Å². The number of benzene rings is 1. The molecular weight excluding hydrogens is 364 g/mol. The summed E-state index contributed by atoms with van der Waals surface area (Å²) in [6.45, 7) is 1.44. The van der Waals surface area contributed by atoms with Crippen LogP contribution in [0.4, 0.5) is 0 Å². The maximum absolute atomic E-state index is 12.8. The van der Waals surface area contributed by atoms with E-state index in [0.717, 1.165) is 33.7 Å². The van der Waals surface area contributed by atoms with Crippen molar-refractivity contribution in [1.29, 1.82) is 0 Å². The van der Waals surface area contributed by atoms with Gasteiger partial charge in [-0.2, -0.15) is 0 Å². The molecule has 0 radical (unpaired) electrons. The molecule has 4 heterocycles. The second kappa shape index (κ2) is 6.41. The van der Waals surface area contributed by atoms with Crippen LogP contribution in [0.5, 0.6) is 0 Å². The summed E-state index contributed by atoms with van der Waals surface area (Å²) in [6.07, 6.45) is 2.45. The Morgan fingerprint density at radius 3 is 3.15 bits per heavy atom. The van der Waals surface area contributed by atoms with Gasteiger partial charge in [-0.05, 0) is 17.5 Å². The summed E-state index contributed by atoms with van der Waals surface area (Å²) in [5.74, 6) is 0.566. The molecule has 0 bridgehead atoms. The van der Waals surface area contributed by atoms with Crippen LogP contribution in [0.3, 0.4) is 0 Å². The average molecular weight is 380 g/mol. The van der Waals surface area contributed by atoms with Gasteiger partial charge in [-0.25, -0.2) is 9.97 Å². The van der Waals surface area contributed by atoms with E-state index in [1.54, 1.807) is 17.7 Å². The molecule has 26 heavy (non-hydrogen) atoms. The van der Waals surface area contributed by atoms with E-state index in [-0.39, 0.29) is 5.91 Å². The van der Waals surface area contributed by atoms with Crippen molar-refractivity contribution in [3.8, 4) is 0 Å². The zero-order valence-electron chi connectivity index (χ0n) is 13.9. The lowest BCUT2D eigenvalue weighted by Crippen LogP contribution is -2.36. The first kappa shape index (κ1) is 15.8. The number of thioether (sulfide) groups is 1. The zero-order chi connectivity index (χ0) is 17.5. The number of aromatic nitrogens is 3. The van der Waals surface area contributed by atoms with Crippen molar-refractivity contribution in [2.24, 2.45) is 0 Å². The Labute approximate surface area is 158 Å². The van der Waals surface area contributed by atoms with Crippen molar-refractivity contribution in [3.05, 3.63) is 53.3 Å². The van der Waals surface area contributed by atoms with Gasteiger partial charge in [-0.1, -0.05) is 30.0 Å². The predicted octanol–water partition coefficient (Wildman–Crippen LogP) is 3.85. The fraction of sp³-hybridized carbons (Fsp3) is 0.211. The Balaban J connectivity index is 1.33. The number of nitrogens with zero attached hydrogens (tertiary/aromatic N) is 3. The lowest BCUT2D eigenvalue weighted by molar-refractivity contribution is -0.129. The number of fused-ring (bicyclic) bond motifs is 4. The van der Waals surface area contributed by atoms with Gasteiger partial charge in [0.05, 0.1) is 16.0 Å². The molecule has 7 heteroatoms. The standard InChI is InChI=1S/C19H16N4OS2/c24-17(10-26-19-18-16(6-8-25-18)20-11-21-19)23-7-5-15-13(9-23)12-3-1-2-4-14(12)22-15/h1-4,6,8,11,22H,5,7,9-10H2. The fourth-order valence-electron chi connectivity index (χ4n) is 3.47. The number of amides is 1. The number of nitrogens with one attached hydrogen (secondary N) is 1. The molecule has 1 aliphatic rings. The van der Waals surface area contributed by atoms with Crippen LogP contribution in [0.2, 0.25) is 0 Å². The van der Waals surface area contributed by atoms with Crippen LogP contribution in [0, 0.1) is 0 Å². The number of thiophene rings is 1. The Morgan fingerprint density at radius 1 is 1.27 bits per heavy atom. The van der Waals surface area contributed by atoms with Crippen LogP contribution in [0.15, 0.2) is 47.1 Å². The number of para-hydroxylation sites is 1. The highest BCUT2D eigenvalue weighted by Crippen LogP contribution is 2.30. The fourth-order valence-corrected chi connectivity index (χ4v) is 5.32. The van der Waals surface area contributed by atoms with Gasteiger partial charge in [-0.3, -0.25) is 4.79 Å². The minimum atomic E-state index is 0.161. The van der Waals surface area contributed by atoms with Gasteiger partial charge < -0.3 is 9.88 Å². The van der Waals surface area contributed by atoms with E-state index in [4.69, 9.17) is 0 Å². The average Bonchev–Trinajstić information content (AvgIpc) is 3.30. The second-order valence-electron chi connectivity index (χ2n) is 6.30. The topological polar surface area (TPSA) is 61.9 Å². The van der Waals surface area contributed by atoms with Gasteiger partial charge in [0.2, 0.25) is 5.91 Å². The van der Waals surface area contributed by atoms with Crippen LogP contribution >= 0.6 is 23.1 Å². The van der Waals surface area contributed by atoms with Gasteiger partial charge in [0, 0.05) is 41.7 Å². The van der Waals surface area contributed by atoms with E-state index in [0.29, 0.717) is 12.3 Å². The van der Waals surface area contributed by atoms with E-state index in [9.17, 15) is 4.79 Å². The Kier molecular flexibility index (Phi) is 3.90. The first-order valence-electron chi connectivity index (χ1n) is 8.47. The second-order valence-corrected chi connectivity index (χ2v) is 8.18. The number of rotatable bonds is 3. The molecule has 0 aliphatic carbocycles. The highest BCUT2D eigenvalue weighted by Gasteiger charge is 2.24. The first-order chi connectivity index (χ1) is 12.8. The smallest absolute Gasteiger partial charge is 0.233 e. The van der Waals surface area contributed by atoms with Gasteiger partial charge in [0.25, 0.3) is 0 Å². The number of hydrogen-bond donors (Lipinski definition) is 1.